The molecular weight excluding hydrogens is 501 g/mol. The predicted octanol–water partition coefficient (Wildman–Crippen LogP) is 6.93. The van der Waals surface area contributed by atoms with E-state index in [1.807, 2.05) is 43.3 Å². The number of hydrogen-bond acceptors (Lipinski definition) is 3. The van der Waals surface area contributed by atoms with E-state index in [1.54, 1.807) is 30.3 Å². The minimum absolute atomic E-state index is 0.0903. The van der Waals surface area contributed by atoms with Gasteiger partial charge in [-0.3, -0.25) is 9.59 Å². The number of fused-ring (bicyclic) bond motifs is 1. The van der Waals surface area contributed by atoms with Crippen LogP contribution in [0, 0.1) is 6.92 Å². The fourth-order valence-corrected chi connectivity index (χ4v) is 5.00. The van der Waals surface area contributed by atoms with Gasteiger partial charge in [-0.15, -0.1) is 0 Å². The second kappa shape index (κ2) is 10.9. The Morgan fingerprint density at radius 1 is 0.923 bits per heavy atom. The van der Waals surface area contributed by atoms with Crippen LogP contribution in [0.4, 0.5) is 18.9 Å². The Hall–Kier alpha value is -4.23. The molecule has 1 aliphatic heterocycles. The van der Waals surface area contributed by atoms with Gasteiger partial charge in [-0.25, -0.2) is 0 Å². The van der Waals surface area contributed by atoms with Crippen molar-refractivity contribution in [1.82, 2.24) is 5.32 Å². The van der Waals surface area contributed by atoms with E-state index in [0.29, 0.717) is 35.3 Å². The molecule has 198 valence electrons. The van der Waals surface area contributed by atoms with Crippen LogP contribution in [0.5, 0.6) is 0 Å². The molecule has 4 aromatic carbocycles. The maximum absolute atomic E-state index is 13.3. The number of rotatable bonds is 6. The van der Waals surface area contributed by atoms with Gasteiger partial charge in [0.2, 0.25) is 0 Å². The van der Waals surface area contributed by atoms with Crippen LogP contribution in [0.15, 0.2) is 91.0 Å². The van der Waals surface area contributed by atoms with Crippen molar-refractivity contribution >= 4 is 17.4 Å². The number of carbonyl (C=O) groups excluding carboxylic acids is 2. The highest BCUT2D eigenvalue weighted by molar-refractivity contribution is 6.08. The maximum Gasteiger partial charge on any atom is 0.416 e. The average Bonchev–Trinajstić information content (AvgIpc) is 2.93. The molecule has 1 heterocycles. The molecular formula is C32H27F3N2O2. The second-order valence-corrected chi connectivity index (χ2v) is 9.70. The van der Waals surface area contributed by atoms with Gasteiger partial charge in [0.05, 0.1) is 11.6 Å². The number of halogens is 3. The largest absolute Gasteiger partial charge is 0.416 e. The lowest BCUT2D eigenvalue weighted by Crippen LogP contribution is -2.36. The first-order valence-electron chi connectivity index (χ1n) is 12.7. The normalized spacial score (nSPS) is 14.9. The van der Waals surface area contributed by atoms with Crippen molar-refractivity contribution in [2.24, 2.45) is 0 Å². The van der Waals surface area contributed by atoms with Crippen molar-refractivity contribution in [3.05, 3.63) is 124 Å². The molecule has 4 nitrogen and oxygen atoms in total. The third-order valence-electron chi connectivity index (χ3n) is 7.10. The van der Waals surface area contributed by atoms with Gasteiger partial charge < -0.3 is 10.6 Å². The van der Waals surface area contributed by atoms with Crippen molar-refractivity contribution < 1.29 is 22.8 Å². The maximum atomic E-state index is 13.3. The van der Waals surface area contributed by atoms with E-state index in [9.17, 15) is 22.8 Å². The van der Waals surface area contributed by atoms with Gasteiger partial charge >= 0.3 is 6.18 Å². The molecule has 0 aromatic heterocycles. The summed E-state index contributed by atoms with van der Waals surface area (Å²) in [6, 6.07) is 24.5. The van der Waals surface area contributed by atoms with Crippen LogP contribution in [0.3, 0.4) is 0 Å². The summed E-state index contributed by atoms with van der Waals surface area (Å²) in [7, 11) is 0. The van der Waals surface area contributed by atoms with Crippen LogP contribution in [0.2, 0.25) is 0 Å². The Balaban J connectivity index is 1.35. The smallest absolute Gasteiger partial charge is 0.322 e. The zero-order valence-electron chi connectivity index (χ0n) is 21.3. The molecule has 7 heteroatoms. The Labute approximate surface area is 224 Å². The summed E-state index contributed by atoms with van der Waals surface area (Å²) in [5.74, 6) is -0.279. The van der Waals surface area contributed by atoms with Crippen molar-refractivity contribution in [3.8, 4) is 11.1 Å². The summed E-state index contributed by atoms with van der Waals surface area (Å²) in [4.78, 5) is 26.4. The van der Waals surface area contributed by atoms with Gasteiger partial charge in [-0.1, -0.05) is 60.7 Å². The van der Waals surface area contributed by atoms with Crippen LogP contribution in [0.1, 0.15) is 44.2 Å². The van der Waals surface area contributed by atoms with Crippen LogP contribution < -0.4 is 10.6 Å². The lowest BCUT2D eigenvalue weighted by atomic mass is 9.88. The summed E-state index contributed by atoms with van der Waals surface area (Å²) in [5, 5.41) is 6.25. The third kappa shape index (κ3) is 5.78. The molecule has 0 saturated carbocycles. The number of alkyl halides is 3. The highest BCUT2D eigenvalue weighted by Gasteiger charge is 2.30. The average molecular weight is 529 g/mol. The van der Waals surface area contributed by atoms with Crippen LogP contribution in [-0.4, -0.2) is 18.2 Å². The Morgan fingerprint density at radius 2 is 1.64 bits per heavy atom. The molecule has 1 unspecified atom stereocenters. The third-order valence-corrected chi connectivity index (χ3v) is 7.10. The first kappa shape index (κ1) is 26.4. The zero-order chi connectivity index (χ0) is 27.6. The molecule has 39 heavy (non-hydrogen) atoms. The molecule has 0 fully saturated rings. The van der Waals surface area contributed by atoms with E-state index in [-0.39, 0.29) is 11.7 Å². The Morgan fingerprint density at radius 3 is 2.38 bits per heavy atom. The minimum Gasteiger partial charge on any atom is -0.322 e. The zero-order valence-corrected chi connectivity index (χ0v) is 21.3. The molecule has 0 bridgehead atoms. The van der Waals surface area contributed by atoms with E-state index >= 15 is 0 Å². The lowest BCUT2D eigenvalue weighted by molar-refractivity contribution is -0.137. The number of hydrogen-bond donors (Lipinski definition) is 2. The summed E-state index contributed by atoms with van der Waals surface area (Å²) in [6.07, 6.45) is -3.38. The number of nitrogens with one attached hydrogen (secondary N) is 2. The minimum atomic E-state index is -4.43. The Kier molecular flexibility index (Phi) is 7.35. The van der Waals surface area contributed by atoms with Crippen LogP contribution in [0.25, 0.3) is 11.1 Å². The fraction of sp³-hybridized carbons (Fsp3) is 0.188. The van der Waals surface area contributed by atoms with Gasteiger partial charge in [0, 0.05) is 24.2 Å². The van der Waals surface area contributed by atoms with Gasteiger partial charge in [0.25, 0.3) is 5.91 Å². The van der Waals surface area contributed by atoms with E-state index < -0.39 is 17.8 Å². The molecule has 0 saturated heterocycles. The van der Waals surface area contributed by atoms with Gasteiger partial charge in [-0.05, 0) is 77.1 Å². The van der Waals surface area contributed by atoms with Crippen LogP contribution in [-0.2, 0) is 23.8 Å². The predicted molar refractivity (Wildman–Crippen MR) is 146 cm³/mol. The summed E-state index contributed by atoms with van der Waals surface area (Å²) < 4.78 is 39.0. The number of carbonyl (C=O) groups is 2. The monoisotopic (exact) mass is 528 g/mol. The molecule has 1 atom stereocenters. The van der Waals surface area contributed by atoms with Crippen molar-refractivity contribution in [2.75, 3.05) is 11.9 Å². The van der Waals surface area contributed by atoms with Gasteiger partial charge in [-0.2, -0.15) is 13.2 Å². The first-order valence-corrected chi connectivity index (χ1v) is 12.7. The van der Waals surface area contributed by atoms with Crippen molar-refractivity contribution in [2.45, 2.75) is 32.0 Å². The number of aryl methyl sites for hydroxylation is 1. The number of amides is 1. The molecule has 0 radical (unpaired) electrons. The molecule has 1 aliphatic rings. The molecule has 5 rings (SSSR count). The number of benzene rings is 4. The second-order valence-electron chi connectivity index (χ2n) is 9.70. The molecule has 0 aliphatic carbocycles. The quantitative estimate of drug-likeness (QED) is 0.285. The number of ketones is 1. The topological polar surface area (TPSA) is 58.2 Å². The number of Topliss-reactive ketones (excluding diaryl/α,β-unsaturated/α-hetero) is 1. The molecule has 0 spiro atoms. The van der Waals surface area contributed by atoms with E-state index in [2.05, 4.69) is 10.6 Å². The summed E-state index contributed by atoms with van der Waals surface area (Å²) in [5.41, 5.74) is 5.23. The van der Waals surface area contributed by atoms with E-state index in [4.69, 9.17) is 0 Å². The molecule has 1 amide bonds. The van der Waals surface area contributed by atoms with Crippen molar-refractivity contribution in [3.63, 3.8) is 0 Å². The van der Waals surface area contributed by atoms with Crippen molar-refractivity contribution in [1.29, 1.82) is 0 Å². The molecule has 4 aromatic rings. The highest BCUT2D eigenvalue weighted by atomic mass is 19.4. The van der Waals surface area contributed by atoms with E-state index in [0.717, 1.165) is 40.8 Å². The Bertz CT molecular complexity index is 1530. The first-order chi connectivity index (χ1) is 18.7. The van der Waals surface area contributed by atoms with Crippen LogP contribution >= 0.6 is 0 Å². The number of anilines is 1. The highest BCUT2D eigenvalue weighted by Crippen LogP contribution is 2.33. The fourth-order valence-electron chi connectivity index (χ4n) is 5.00. The van der Waals surface area contributed by atoms with Gasteiger partial charge in [0.15, 0.2) is 5.78 Å². The van der Waals surface area contributed by atoms with E-state index in [1.165, 1.54) is 12.1 Å². The summed E-state index contributed by atoms with van der Waals surface area (Å²) in [6.45, 7) is 2.64. The lowest BCUT2D eigenvalue weighted by Gasteiger charge is -2.27. The van der Waals surface area contributed by atoms with Gasteiger partial charge in [0.1, 0.15) is 0 Å². The SMILES string of the molecule is Cc1ccccc1CC(=O)C1NCCc2cc(NC(=O)c3ccccc3-c3ccc(C(F)(F)F)cc3)ccc21. The summed E-state index contributed by atoms with van der Waals surface area (Å²) >= 11 is 0. The standard InChI is InChI=1S/C32H27F3N2O2/c1-20-6-2-3-7-22(20)19-29(38)30-27-15-14-25(18-23(27)16-17-36-30)37-31(39)28-9-5-4-8-26(28)21-10-12-24(13-11-21)32(33,34)35/h2-15,18,30,36H,16-17,19H2,1H3,(H,37,39). The molecule has 2 N–H and O–H groups in total.